The smallest absolute Gasteiger partial charge is 0.224 e. The van der Waals surface area contributed by atoms with Gasteiger partial charge in [0.05, 0.1) is 6.54 Å². The zero-order valence-electron chi connectivity index (χ0n) is 8.64. The maximum atomic E-state index is 8.76. The predicted molar refractivity (Wildman–Crippen MR) is 60.9 cm³/mol. The van der Waals surface area contributed by atoms with Gasteiger partial charge in [-0.25, -0.2) is 15.0 Å². The third-order valence-electron chi connectivity index (χ3n) is 1.85. The van der Waals surface area contributed by atoms with Crippen molar-refractivity contribution in [3.63, 3.8) is 0 Å². The zero-order chi connectivity index (χ0) is 11.4. The summed E-state index contributed by atoms with van der Waals surface area (Å²) in [5.41, 5.74) is 1.14. The van der Waals surface area contributed by atoms with Gasteiger partial charge in [0, 0.05) is 17.3 Å². The van der Waals surface area contributed by atoms with Crippen molar-refractivity contribution in [2.75, 3.05) is 5.32 Å². The Balaban J connectivity index is 2.10. The third-order valence-corrected chi connectivity index (χ3v) is 2.63. The number of thiazole rings is 1. The molecular weight excluding hydrogens is 222 g/mol. The number of hydrogen-bond acceptors (Lipinski definition) is 6. The molecule has 0 aliphatic rings. The molecule has 6 heteroatoms. The largest absolute Gasteiger partial charge is 0.348 e. The highest BCUT2D eigenvalue weighted by molar-refractivity contribution is 7.09. The summed E-state index contributed by atoms with van der Waals surface area (Å²) >= 11 is 1.56. The number of nitrogens with one attached hydrogen (secondary N) is 1. The van der Waals surface area contributed by atoms with Crippen molar-refractivity contribution in [3.05, 3.63) is 34.0 Å². The summed E-state index contributed by atoms with van der Waals surface area (Å²) in [7, 11) is 0. The van der Waals surface area contributed by atoms with Crippen LogP contribution in [0.1, 0.15) is 16.4 Å². The van der Waals surface area contributed by atoms with Gasteiger partial charge in [-0.3, -0.25) is 0 Å². The van der Waals surface area contributed by atoms with Crippen LogP contribution in [0, 0.1) is 18.3 Å². The highest BCUT2D eigenvalue weighted by Crippen LogP contribution is 2.08. The number of aromatic nitrogens is 3. The second-order valence-corrected chi connectivity index (χ2v) is 4.09. The van der Waals surface area contributed by atoms with Crippen molar-refractivity contribution < 1.29 is 0 Å². The molecule has 0 amide bonds. The number of aryl methyl sites for hydroxylation is 1. The fourth-order valence-electron chi connectivity index (χ4n) is 1.20. The summed E-state index contributed by atoms with van der Waals surface area (Å²) in [5, 5.41) is 14.7. The molecule has 0 radical (unpaired) electrons. The first-order valence-corrected chi connectivity index (χ1v) is 5.54. The Kier molecular flexibility index (Phi) is 3.08. The molecule has 0 saturated heterocycles. The average Bonchev–Trinajstić information content (AvgIpc) is 2.78. The quantitative estimate of drug-likeness (QED) is 0.870. The summed E-state index contributed by atoms with van der Waals surface area (Å²) < 4.78 is 0. The van der Waals surface area contributed by atoms with Crippen LogP contribution in [0.2, 0.25) is 0 Å². The van der Waals surface area contributed by atoms with Gasteiger partial charge in [-0.15, -0.1) is 11.3 Å². The molecule has 0 aliphatic carbocycles. The molecule has 2 rings (SSSR count). The second-order valence-electron chi connectivity index (χ2n) is 3.11. The summed E-state index contributed by atoms with van der Waals surface area (Å²) in [6.45, 7) is 2.41. The summed E-state index contributed by atoms with van der Waals surface area (Å²) in [4.78, 5) is 12.4. The van der Waals surface area contributed by atoms with Crippen LogP contribution in [0.5, 0.6) is 0 Å². The molecule has 2 heterocycles. The Labute approximate surface area is 96.8 Å². The first-order valence-electron chi connectivity index (χ1n) is 4.66. The molecule has 80 valence electrons. The van der Waals surface area contributed by atoms with E-state index in [9.17, 15) is 0 Å². The molecule has 0 saturated carbocycles. The topological polar surface area (TPSA) is 74.5 Å². The van der Waals surface area contributed by atoms with Crippen molar-refractivity contribution in [2.45, 2.75) is 13.5 Å². The van der Waals surface area contributed by atoms with Crippen molar-refractivity contribution in [3.8, 4) is 6.07 Å². The number of anilines is 1. The maximum absolute atomic E-state index is 8.76. The molecule has 16 heavy (non-hydrogen) atoms. The highest BCUT2D eigenvalue weighted by atomic mass is 32.1. The predicted octanol–water partition coefficient (Wildman–Crippen LogP) is 1.73. The monoisotopic (exact) mass is 231 g/mol. The molecule has 2 aromatic rings. The molecule has 0 unspecified atom stereocenters. The van der Waals surface area contributed by atoms with E-state index in [1.54, 1.807) is 23.6 Å². The Morgan fingerprint density at radius 1 is 1.50 bits per heavy atom. The molecule has 0 spiro atoms. The fraction of sp³-hybridized carbons (Fsp3) is 0.200. The van der Waals surface area contributed by atoms with Crippen molar-refractivity contribution in [1.82, 2.24) is 15.0 Å². The van der Waals surface area contributed by atoms with Gasteiger partial charge in [-0.2, -0.15) is 5.26 Å². The fourth-order valence-corrected chi connectivity index (χ4v) is 1.76. The van der Waals surface area contributed by atoms with E-state index >= 15 is 0 Å². The minimum atomic E-state index is 0.370. The van der Waals surface area contributed by atoms with Gasteiger partial charge in [0.2, 0.25) is 5.95 Å². The Hall–Kier alpha value is -2.00. The minimum absolute atomic E-state index is 0.370. The lowest BCUT2D eigenvalue weighted by atomic mass is 10.3. The van der Waals surface area contributed by atoms with Crippen LogP contribution in [0.4, 0.5) is 5.95 Å². The Morgan fingerprint density at radius 2 is 2.38 bits per heavy atom. The number of nitrogens with zero attached hydrogens (tertiary/aromatic N) is 4. The number of hydrogen-bond donors (Lipinski definition) is 1. The molecule has 5 nitrogen and oxygen atoms in total. The van der Waals surface area contributed by atoms with E-state index in [-0.39, 0.29) is 0 Å². The lowest BCUT2D eigenvalue weighted by Gasteiger charge is -2.03. The summed E-state index contributed by atoms with van der Waals surface area (Å²) in [6.07, 6.45) is 1.75. The maximum Gasteiger partial charge on any atom is 0.224 e. The molecule has 0 fully saturated rings. The molecule has 1 N–H and O–H groups in total. The van der Waals surface area contributed by atoms with Gasteiger partial charge in [0.25, 0.3) is 0 Å². The van der Waals surface area contributed by atoms with Gasteiger partial charge in [-0.05, 0) is 13.0 Å². The molecular formula is C10H9N5S. The highest BCUT2D eigenvalue weighted by Gasteiger charge is 2.02. The Morgan fingerprint density at radius 3 is 3.06 bits per heavy atom. The molecule has 0 bridgehead atoms. The first-order chi connectivity index (χ1) is 7.78. The lowest BCUT2D eigenvalue weighted by Crippen LogP contribution is -2.05. The first kappa shape index (κ1) is 10.5. The van der Waals surface area contributed by atoms with Gasteiger partial charge in [-0.1, -0.05) is 0 Å². The van der Waals surface area contributed by atoms with Crippen molar-refractivity contribution in [2.24, 2.45) is 0 Å². The van der Waals surface area contributed by atoms with Crippen LogP contribution < -0.4 is 5.32 Å². The van der Waals surface area contributed by atoms with Gasteiger partial charge >= 0.3 is 0 Å². The van der Waals surface area contributed by atoms with Crippen LogP contribution in [0.25, 0.3) is 0 Å². The molecule has 2 aromatic heterocycles. The number of rotatable bonds is 3. The average molecular weight is 231 g/mol. The molecule has 0 atom stereocenters. The van der Waals surface area contributed by atoms with Gasteiger partial charge in [0.15, 0.2) is 0 Å². The van der Waals surface area contributed by atoms with Crippen LogP contribution >= 0.6 is 11.3 Å². The standard InChI is InChI=1S/C10H9N5S/c1-7-4-8(5-11)15-10(14-7)13-6-9-12-2-3-16-9/h2-4H,6H2,1H3,(H,13,14,15). The third kappa shape index (κ3) is 2.52. The van der Waals surface area contributed by atoms with E-state index in [2.05, 4.69) is 20.3 Å². The normalized spacial score (nSPS) is 9.75. The van der Waals surface area contributed by atoms with Crippen LogP contribution in [0.3, 0.4) is 0 Å². The number of nitriles is 1. The second kappa shape index (κ2) is 4.68. The molecule has 0 aromatic carbocycles. The van der Waals surface area contributed by atoms with Crippen LogP contribution in [-0.4, -0.2) is 15.0 Å². The van der Waals surface area contributed by atoms with E-state index in [1.807, 2.05) is 18.4 Å². The summed E-state index contributed by atoms with van der Waals surface area (Å²) in [5.74, 6) is 0.465. The van der Waals surface area contributed by atoms with Gasteiger partial charge < -0.3 is 5.32 Å². The van der Waals surface area contributed by atoms with E-state index < -0.39 is 0 Å². The van der Waals surface area contributed by atoms with E-state index in [0.717, 1.165) is 10.7 Å². The van der Waals surface area contributed by atoms with Gasteiger partial charge in [0.1, 0.15) is 16.8 Å². The minimum Gasteiger partial charge on any atom is -0.348 e. The Bertz CT molecular complexity index is 515. The van der Waals surface area contributed by atoms with E-state index in [1.165, 1.54) is 0 Å². The van der Waals surface area contributed by atoms with Crippen molar-refractivity contribution >= 4 is 17.3 Å². The van der Waals surface area contributed by atoms with E-state index in [4.69, 9.17) is 5.26 Å². The zero-order valence-corrected chi connectivity index (χ0v) is 9.45. The van der Waals surface area contributed by atoms with Crippen LogP contribution in [0.15, 0.2) is 17.6 Å². The molecule has 0 aliphatic heterocycles. The van der Waals surface area contributed by atoms with Crippen LogP contribution in [-0.2, 0) is 6.54 Å². The lowest BCUT2D eigenvalue weighted by molar-refractivity contribution is 1.01. The van der Waals surface area contributed by atoms with E-state index in [0.29, 0.717) is 18.2 Å². The SMILES string of the molecule is Cc1cc(C#N)nc(NCc2nccs2)n1. The summed E-state index contributed by atoms with van der Waals surface area (Å²) in [6, 6.07) is 3.64. The van der Waals surface area contributed by atoms with Crippen molar-refractivity contribution in [1.29, 1.82) is 5.26 Å².